The van der Waals surface area contributed by atoms with Crippen molar-refractivity contribution < 1.29 is 38.2 Å². The van der Waals surface area contributed by atoms with E-state index in [0.717, 1.165) is 57.8 Å². The second-order valence-corrected chi connectivity index (χ2v) is 8.81. The minimum atomic E-state index is -3.93. The van der Waals surface area contributed by atoms with Crippen molar-refractivity contribution in [3.63, 3.8) is 0 Å². The molecule has 0 radical (unpaired) electrons. The number of esters is 1. The van der Waals surface area contributed by atoms with Crippen molar-refractivity contribution in [1.29, 1.82) is 0 Å². The number of hydrogen-bond acceptors (Lipinski definition) is 7. The topological polar surface area (TPSA) is 112 Å². The summed E-state index contributed by atoms with van der Waals surface area (Å²) in [4.78, 5) is 25.2. The Labute approximate surface area is 179 Å². The molecule has 1 aliphatic rings. The van der Waals surface area contributed by atoms with E-state index in [9.17, 15) is 9.36 Å². The lowest BCUT2D eigenvalue weighted by atomic mass is 10.1. The smallest absolute Gasteiger partial charge is 0.463 e. The number of carbonyl (C=O) groups is 1. The summed E-state index contributed by atoms with van der Waals surface area (Å²) in [5, 5.41) is 8.90. The Kier molecular flexibility index (Phi) is 15.0. The largest absolute Gasteiger partial charge is 0.472 e. The molecule has 0 aromatic heterocycles. The molecule has 9 heteroatoms. The molecular formula is C21H37O8P. The zero-order valence-corrected chi connectivity index (χ0v) is 18.8. The van der Waals surface area contributed by atoms with Gasteiger partial charge in [-0.05, 0) is 32.1 Å². The first-order valence-corrected chi connectivity index (χ1v) is 12.4. The summed E-state index contributed by atoms with van der Waals surface area (Å²) in [5.41, 5.74) is 0. The highest BCUT2D eigenvalue weighted by molar-refractivity contribution is 7.47. The third kappa shape index (κ3) is 14.1. The van der Waals surface area contributed by atoms with Crippen LogP contribution < -0.4 is 0 Å². The van der Waals surface area contributed by atoms with Crippen LogP contribution in [0.5, 0.6) is 0 Å². The fourth-order valence-electron chi connectivity index (χ4n) is 2.90. The molecule has 1 aliphatic heterocycles. The minimum Gasteiger partial charge on any atom is -0.463 e. The molecule has 0 aromatic rings. The van der Waals surface area contributed by atoms with Gasteiger partial charge in [0.05, 0.1) is 6.61 Å². The van der Waals surface area contributed by atoms with Crippen LogP contribution in [0.1, 0.15) is 77.6 Å². The third-order valence-electron chi connectivity index (χ3n) is 4.63. The summed E-state index contributed by atoms with van der Waals surface area (Å²) in [6, 6.07) is 0. The maximum absolute atomic E-state index is 11.7. The normalized spacial score (nSPS) is 22.8. The number of unbranched alkanes of at least 4 members (excludes halogenated alkanes) is 7. The van der Waals surface area contributed by atoms with Crippen LogP contribution in [0, 0.1) is 0 Å². The fourth-order valence-corrected chi connectivity index (χ4v) is 3.81. The first kappa shape index (κ1) is 27.0. The van der Waals surface area contributed by atoms with E-state index in [-0.39, 0.29) is 25.3 Å². The maximum atomic E-state index is 11.7. The van der Waals surface area contributed by atoms with Gasteiger partial charge in [-0.15, -0.1) is 0 Å². The number of rotatable bonds is 17. The van der Waals surface area contributed by atoms with Gasteiger partial charge in [-0.3, -0.25) is 19.1 Å². The summed E-state index contributed by atoms with van der Waals surface area (Å²) < 4.78 is 25.4. The number of hydrogen-bond donors (Lipinski definition) is 2. The summed E-state index contributed by atoms with van der Waals surface area (Å²) in [6.07, 6.45) is 17.4. The third-order valence-corrected chi connectivity index (χ3v) is 5.67. The lowest BCUT2D eigenvalue weighted by Gasteiger charge is -2.08. The van der Waals surface area contributed by atoms with Crippen molar-refractivity contribution in [2.75, 3.05) is 13.2 Å². The van der Waals surface area contributed by atoms with Gasteiger partial charge in [0.15, 0.2) is 0 Å². The zero-order chi connectivity index (χ0) is 22.1. The maximum Gasteiger partial charge on any atom is 0.472 e. The molecule has 174 valence electrons. The van der Waals surface area contributed by atoms with Gasteiger partial charge in [0.1, 0.15) is 18.8 Å². The molecule has 3 unspecified atom stereocenters. The van der Waals surface area contributed by atoms with Gasteiger partial charge in [0.25, 0.3) is 0 Å². The average molecular weight is 448 g/mol. The molecule has 2 N–H and O–H groups in total. The van der Waals surface area contributed by atoms with Gasteiger partial charge < -0.3 is 9.63 Å². The van der Waals surface area contributed by atoms with E-state index < -0.39 is 13.9 Å². The lowest BCUT2D eigenvalue weighted by Crippen LogP contribution is -2.20. The van der Waals surface area contributed by atoms with Crippen molar-refractivity contribution in [3.05, 3.63) is 24.3 Å². The predicted octanol–water partition coefficient (Wildman–Crippen LogP) is 5.33. The molecule has 8 nitrogen and oxygen atoms in total. The number of phosphoric acid groups is 1. The van der Waals surface area contributed by atoms with Gasteiger partial charge in [0, 0.05) is 6.42 Å². The fraction of sp³-hybridized carbons (Fsp3) is 0.762. The molecular weight excluding hydrogens is 411 g/mol. The number of ether oxygens (including phenoxy) is 1. The molecule has 1 rings (SSSR count). The van der Waals surface area contributed by atoms with E-state index in [4.69, 9.17) is 19.4 Å². The molecule has 0 saturated carbocycles. The number of phosphoric ester groups is 1. The highest BCUT2D eigenvalue weighted by Crippen LogP contribution is 2.49. The first-order chi connectivity index (χ1) is 14.5. The summed E-state index contributed by atoms with van der Waals surface area (Å²) in [7, 11) is -3.93. The quantitative estimate of drug-likeness (QED) is 0.0767. The van der Waals surface area contributed by atoms with Crippen LogP contribution in [0.2, 0.25) is 0 Å². The van der Waals surface area contributed by atoms with E-state index in [1.807, 2.05) is 12.2 Å². The molecule has 0 spiro atoms. The van der Waals surface area contributed by atoms with E-state index in [1.165, 1.54) is 0 Å². The second-order valence-electron chi connectivity index (χ2n) is 7.40. The van der Waals surface area contributed by atoms with Crippen LogP contribution in [-0.4, -0.2) is 41.5 Å². The van der Waals surface area contributed by atoms with Gasteiger partial charge in [-0.2, -0.15) is 0 Å². The molecule has 30 heavy (non-hydrogen) atoms. The van der Waals surface area contributed by atoms with Crippen LogP contribution >= 0.6 is 7.82 Å². The molecule has 0 bridgehead atoms. The van der Waals surface area contributed by atoms with Crippen LogP contribution in [0.25, 0.3) is 0 Å². The number of carbonyl (C=O) groups excluding carboxylic acids is 1. The van der Waals surface area contributed by atoms with Crippen LogP contribution in [0.15, 0.2) is 24.3 Å². The summed E-state index contributed by atoms with van der Waals surface area (Å²) >= 11 is 0. The Hall–Kier alpha value is -1.02. The van der Waals surface area contributed by atoms with Crippen LogP contribution in [-0.2, 0) is 28.0 Å². The molecule has 0 aliphatic carbocycles. The Morgan fingerprint density at radius 2 is 1.87 bits per heavy atom. The second kappa shape index (κ2) is 16.6. The zero-order valence-electron chi connectivity index (χ0n) is 17.9. The van der Waals surface area contributed by atoms with E-state index in [2.05, 4.69) is 28.5 Å². The Bertz CT molecular complexity index is 563. The van der Waals surface area contributed by atoms with Crippen molar-refractivity contribution in [2.45, 2.75) is 89.8 Å². The Balaban J connectivity index is 1.94. The van der Waals surface area contributed by atoms with E-state index >= 15 is 0 Å². The lowest BCUT2D eigenvalue weighted by molar-refractivity contribution is -0.264. The van der Waals surface area contributed by atoms with Gasteiger partial charge >= 0.3 is 13.8 Å². The standard InChI is InChI=1S/C21H37O8P/c1-2-3-4-11-14-19(28-23)15-12-9-7-5-6-8-10-13-16-21(22)26-17-20-18-27-30(24,25)29-20/h9,11-12,14,19-20,23H,2-8,10,13,15-18H2,1H3,(H,24,25)/b12-9-,14-11+. The van der Waals surface area contributed by atoms with Crippen LogP contribution in [0.4, 0.5) is 0 Å². The monoisotopic (exact) mass is 448 g/mol. The van der Waals surface area contributed by atoms with Crippen molar-refractivity contribution in [1.82, 2.24) is 0 Å². The number of allylic oxidation sites excluding steroid dienone is 2. The molecule has 3 atom stereocenters. The van der Waals surface area contributed by atoms with E-state index in [1.54, 1.807) is 0 Å². The van der Waals surface area contributed by atoms with Crippen molar-refractivity contribution >= 4 is 13.8 Å². The van der Waals surface area contributed by atoms with Crippen molar-refractivity contribution in [3.8, 4) is 0 Å². The molecule has 1 fully saturated rings. The highest BCUT2D eigenvalue weighted by atomic mass is 31.2. The Morgan fingerprint density at radius 3 is 2.57 bits per heavy atom. The van der Waals surface area contributed by atoms with Gasteiger partial charge in [-0.25, -0.2) is 9.45 Å². The molecule has 1 saturated heterocycles. The molecule has 0 amide bonds. The first-order valence-electron chi connectivity index (χ1n) is 10.9. The summed E-state index contributed by atoms with van der Waals surface area (Å²) in [5.74, 6) is -0.328. The SMILES string of the molecule is CCCC/C=C/C(C/C=C\CCCCCCCC(=O)OCC1COP(=O)(O)O1)OO. The minimum absolute atomic E-state index is 0.0428. The Morgan fingerprint density at radius 1 is 1.13 bits per heavy atom. The van der Waals surface area contributed by atoms with E-state index in [0.29, 0.717) is 12.8 Å². The van der Waals surface area contributed by atoms with Gasteiger partial charge in [0.2, 0.25) is 0 Å². The van der Waals surface area contributed by atoms with Crippen LogP contribution in [0.3, 0.4) is 0 Å². The highest BCUT2D eigenvalue weighted by Gasteiger charge is 2.35. The van der Waals surface area contributed by atoms with Crippen molar-refractivity contribution in [2.24, 2.45) is 0 Å². The predicted molar refractivity (Wildman–Crippen MR) is 114 cm³/mol. The molecule has 1 heterocycles. The molecule has 0 aromatic carbocycles. The summed E-state index contributed by atoms with van der Waals surface area (Å²) in [6.45, 7) is 2.04. The average Bonchev–Trinajstić information content (AvgIpc) is 3.08. The van der Waals surface area contributed by atoms with Gasteiger partial charge in [-0.1, -0.05) is 63.3 Å².